The van der Waals surface area contributed by atoms with E-state index in [9.17, 15) is 18.0 Å². The molecule has 0 saturated heterocycles. The number of rotatable bonds is 2. The van der Waals surface area contributed by atoms with Gasteiger partial charge < -0.3 is 5.32 Å². The van der Waals surface area contributed by atoms with Crippen LogP contribution in [0.3, 0.4) is 0 Å². The Morgan fingerprint density at radius 2 is 2.00 bits per heavy atom. The van der Waals surface area contributed by atoms with Crippen molar-refractivity contribution in [2.75, 3.05) is 5.32 Å². The number of nitrogens with one attached hydrogen (secondary N) is 1. The molecule has 0 fully saturated rings. The Morgan fingerprint density at radius 3 is 2.73 bits per heavy atom. The molecule has 4 rings (SSSR count). The lowest BCUT2D eigenvalue weighted by Gasteiger charge is -2.14. The van der Waals surface area contributed by atoms with Crippen molar-refractivity contribution in [2.24, 2.45) is 0 Å². The molecular weight excluding hydrogens is 392 g/mol. The number of hydrogen-bond acceptors (Lipinski definition) is 3. The number of carbonyl (C=O) groups is 1. The van der Waals surface area contributed by atoms with E-state index in [2.05, 4.69) is 15.4 Å². The molecule has 3 heterocycles. The number of hydrogen-bond donors (Lipinski definition) is 1. The van der Waals surface area contributed by atoms with Gasteiger partial charge in [-0.1, -0.05) is 23.7 Å². The monoisotopic (exact) mass is 400 g/mol. The molecule has 1 aromatic carbocycles. The Kier molecular flexibility index (Phi) is 3.85. The molecule has 1 amide bonds. The molecule has 1 unspecified atom stereocenters. The van der Waals surface area contributed by atoms with Crippen molar-refractivity contribution in [3.8, 4) is 0 Å². The molecule has 1 aliphatic heterocycles. The van der Waals surface area contributed by atoms with Crippen LogP contribution in [-0.2, 0) is 17.4 Å². The van der Waals surface area contributed by atoms with Crippen molar-refractivity contribution in [1.82, 2.24) is 14.6 Å². The highest BCUT2D eigenvalue weighted by Gasteiger charge is 2.40. The predicted octanol–water partition coefficient (Wildman–Crippen LogP) is 4.22. The Morgan fingerprint density at radius 1 is 1.23 bits per heavy atom. The lowest BCUT2D eigenvalue weighted by atomic mass is 10.0. The fraction of sp³-hybridized carbons (Fsp3) is 0.188. The quantitative estimate of drug-likeness (QED) is 0.655. The minimum Gasteiger partial charge on any atom is -0.326 e. The fourth-order valence-electron chi connectivity index (χ4n) is 2.93. The Hall–Kier alpha value is -2.32. The maximum atomic E-state index is 13.5. The summed E-state index contributed by atoms with van der Waals surface area (Å²) >= 11 is 12.2. The number of aromatic nitrogens is 3. The molecule has 0 saturated carbocycles. The predicted molar refractivity (Wildman–Crippen MR) is 89.5 cm³/mol. The summed E-state index contributed by atoms with van der Waals surface area (Å²) < 4.78 is 41.5. The van der Waals surface area contributed by atoms with Gasteiger partial charge in [0.15, 0.2) is 11.3 Å². The number of halogens is 5. The number of fused-ring (bicyclic) bond motifs is 2. The van der Waals surface area contributed by atoms with Crippen LogP contribution in [-0.4, -0.2) is 20.5 Å². The second-order valence-electron chi connectivity index (χ2n) is 5.77. The molecule has 0 spiro atoms. The smallest absolute Gasteiger partial charge is 0.326 e. The Labute approximate surface area is 154 Å². The largest absolute Gasteiger partial charge is 0.435 e. The van der Waals surface area contributed by atoms with Gasteiger partial charge in [0.05, 0.1) is 12.1 Å². The number of carbonyl (C=O) groups excluding carboxylic acids is 1. The van der Waals surface area contributed by atoms with Gasteiger partial charge in [-0.15, -0.1) is 11.6 Å². The first-order chi connectivity index (χ1) is 12.2. The van der Waals surface area contributed by atoms with E-state index in [1.54, 1.807) is 18.2 Å². The van der Waals surface area contributed by atoms with E-state index in [0.717, 1.165) is 4.52 Å². The molecule has 26 heavy (non-hydrogen) atoms. The van der Waals surface area contributed by atoms with Crippen LogP contribution in [0.5, 0.6) is 0 Å². The third-order valence-electron chi connectivity index (χ3n) is 4.04. The number of nitrogens with zero attached hydrogens (tertiary/aromatic N) is 3. The van der Waals surface area contributed by atoms with Gasteiger partial charge in [-0.05, 0) is 29.3 Å². The molecule has 0 radical (unpaired) electrons. The molecule has 134 valence electrons. The molecular formula is C16H9Cl2F3N4O. The second-order valence-corrected chi connectivity index (χ2v) is 6.60. The molecule has 10 heteroatoms. The van der Waals surface area contributed by atoms with Crippen LogP contribution in [0.1, 0.15) is 27.9 Å². The van der Waals surface area contributed by atoms with Crippen LogP contribution in [0.2, 0.25) is 5.15 Å². The maximum Gasteiger partial charge on any atom is 0.435 e. The van der Waals surface area contributed by atoms with Crippen LogP contribution in [0.4, 0.5) is 18.9 Å². The van der Waals surface area contributed by atoms with Crippen molar-refractivity contribution >= 4 is 40.4 Å². The summed E-state index contributed by atoms with van der Waals surface area (Å²) in [5, 5.41) is 5.40. The van der Waals surface area contributed by atoms with Crippen LogP contribution >= 0.6 is 23.2 Å². The highest BCUT2D eigenvalue weighted by atomic mass is 35.5. The second kappa shape index (κ2) is 5.85. The van der Waals surface area contributed by atoms with Crippen molar-refractivity contribution in [2.45, 2.75) is 18.0 Å². The van der Waals surface area contributed by atoms with Gasteiger partial charge in [0.1, 0.15) is 10.5 Å². The topological polar surface area (TPSA) is 59.3 Å². The lowest BCUT2D eigenvalue weighted by Crippen LogP contribution is -2.12. The van der Waals surface area contributed by atoms with Gasteiger partial charge in [-0.3, -0.25) is 4.79 Å². The zero-order valence-corrected chi connectivity index (χ0v) is 14.3. The van der Waals surface area contributed by atoms with Crippen molar-refractivity contribution in [3.05, 3.63) is 58.0 Å². The lowest BCUT2D eigenvalue weighted by molar-refractivity contribution is -0.141. The summed E-state index contributed by atoms with van der Waals surface area (Å²) in [5.74, 6) is -0.178. The van der Waals surface area contributed by atoms with Crippen molar-refractivity contribution in [3.63, 3.8) is 0 Å². The van der Waals surface area contributed by atoms with E-state index in [1.807, 2.05) is 0 Å². The normalized spacial score (nSPS) is 15.2. The zero-order chi connectivity index (χ0) is 18.6. The van der Waals surface area contributed by atoms with Gasteiger partial charge in [-0.25, -0.2) is 9.50 Å². The summed E-state index contributed by atoms with van der Waals surface area (Å²) in [6.45, 7) is 0. The highest BCUT2D eigenvalue weighted by Crippen LogP contribution is 2.40. The summed E-state index contributed by atoms with van der Waals surface area (Å²) in [4.78, 5) is 15.1. The van der Waals surface area contributed by atoms with Gasteiger partial charge >= 0.3 is 6.18 Å². The summed E-state index contributed by atoms with van der Waals surface area (Å²) in [6.07, 6.45) is -4.56. The average molecular weight is 401 g/mol. The zero-order valence-electron chi connectivity index (χ0n) is 12.8. The fourth-order valence-corrected chi connectivity index (χ4v) is 3.40. The van der Waals surface area contributed by atoms with Gasteiger partial charge in [0.25, 0.3) is 0 Å². The Balaban J connectivity index is 1.89. The molecule has 1 aliphatic rings. The van der Waals surface area contributed by atoms with Crippen LogP contribution in [0.15, 0.2) is 30.3 Å². The van der Waals surface area contributed by atoms with Gasteiger partial charge in [0, 0.05) is 5.69 Å². The highest BCUT2D eigenvalue weighted by molar-refractivity contribution is 6.29. The van der Waals surface area contributed by atoms with E-state index in [0.29, 0.717) is 16.8 Å². The molecule has 5 nitrogen and oxygen atoms in total. The Bertz CT molecular complexity index is 1050. The molecule has 1 N–H and O–H groups in total. The van der Waals surface area contributed by atoms with Crippen LogP contribution < -0.4 is 5.32 Å². The number of imidazole rings is 1. The van der Waals surface area contributed by atoms with Crippen molar-refractivity contribution in [1.29, 1.82) is 0 Å². The van der Waals surface area contributed by atoms with Crippen molar-refractivity contribution < 1.29 is 18.0 Å². The van der Waals surface area contributed by atoms with E-state index in [-0.39, 0.29) is 28.8 Å². The van der Waals surface area contributed by atoms with E-state index in [1.165, 1.54) is 12.1 Å². The summed E-state index contributed by atoms with van der Waals surface area (Å²) in [7, 11) is 0. The number of alkyl halides is 4. The number of anilines is 1. The minimum absolute atomic E-state index is 0.0116. The molecule has 3 aromatic rings. The van der Waals surface area contributed by atoms with E-state index in [4.69, 9.17) is 23.2 Å². The van der Waals surface area contributed by atoms with E-state index < -0.39 is 17.2 Å². The first-order valence-electron chi connectivity index (χ1n) is 7.43. The van der Waals surface area contributed by atoms with Gasteiger partial charge in [-0.2, -0.15) is 18.3 Å². The molecule has 0 aliphatic carbocycles. The summed E-state index contributed by atoms with van der Waals surface area (Å²) in [5.41, 5.74) is 0.233. The average Bonchev–Trinajstić information content (AvgIpc) is 3.12. The first kappa shape index (κ1) is 17.1. The third-order valence-corrected chi connectivity index (χ3v) is 4.70. The molecule has 0 bridgehead atoms. The third kappa shape index (κ3) is 2.79. The number of amides is 1. The van der Waals surface area contributed by atoms with Crippen LogP contribution in [0.25, 0.3) is 5.65 Å². The summed E-state index contributed by atoms with van der Waals surface area (Å²) in [6, 6.07) is 7.47. The van der Waals surface area contributed by atoms with Crippen LogP contribution in [0, 0.1) is 0 Å². The SMILES string of the molecule is O=C1Cc2cc(C(Cl)c3c(C(F)(F)F)nc4ccc(Cl)nn34)ccc2N1. The molecule has 1 atom stereocenters. The van der Waals surface area contributed by atoms with Gasteiger partial charge in [0.2, 0.25) is 5.91 Å². The maximum absolute atomic E-state index is 13.5. The minimum atomic E-state index is -4.71. The first-order valence-corrected chi connectivity index (χ1v) is 8.24. The molecule has 2 aromatic heterocycles. The number of benzene rings is 1. The van der Waals surface area contributed by atoms with E-state index >= 15 is 0 Å². The standard InChI is InChI=1S/C16H9Cl2F3N4O/c17-10-3-4-11-23-15(16(19,20)21)14(25(11)24-10)13(18)7-1-2-9-8(5-7)6-12(26)22-9/h1-5,13H,6H2,(H,22,26).